The molecule has 0 radical (unpaired) electrons. The minimum absolute atomic E-state index is 0.215. The van der Waals surface area contributed by atoms with Gasteiger partial charge in [-0.2, -0.15) is 0 Å². The molecule has 0 unspecified atom stereocenters. The number of hydrogen-bond acceptors (Lipinski definition) is 3. The zero-order valence-corrected chi connectivity index (χ0v) is 12.2. The number of halogens is 1. The lowest BCUT2D eigenvalue weighted by Crippen LogP contribution is -2.07. The largest absolute Gasteiger partial charge is 0.457 e. The summed E-state index contributed by atoms with van der Waals surface area (Å²) in [7, 11) is 0. The summed E-state index contributed by atoms with van der Waals surface area (Å²) < 4.78 is 5.28. The Morgan fingerprint density at radius 3 is 2.50 bits per heavy atom. The number of rotatable bonds is 3. The van der Waals surface area contributed by atoms with Crippen molar-refractivity contribution in [3.63, 3.8) is 0 Å². The molecule has 0 bridgehead atoms. The molecule has 2 N–H and O–H groups in total. The fraction of sp³-hybridized carbons (Fsp3) is 0.188. The Bertz CT molecular complexity index is 633. The van der Waals surface area contributed by atoms with Crippen molar-refractivity contribution < 1.29 is 9.53 Å². The summed E-state index contributed by atoms with van der Waals surface area (Å²) in [5, 5.41) is 0.234. The summed E-state index contributed by atoms with van der Waals surface area (Å²) >= 11 is 5.99. The van der Waals surface area contributed by atoms with Crippen molar-refractivity contribution in [1.29, 1.82) is 0 Å². The predicted octanol–water partition coefficient (Wildman–Crippen LogP) is 3.90. The first-order valence-electron chi connectivity index (χ1n) is 6.25. The maximum absolute atomic E-state index is 12.0. The monoisotopic (exact) mass is 289 g/mol. The molecule has 4 heteroatoms. The number of hydrogen-bond donors (Lipinski definition) is 1. The van der Waals surface area contributed by atoms with Crippen LogP contribution in [-0.2, 0) is 11.3 Å². The number of benzene rings is 2. The molecule has 0 aromatic heterocycles. The quantitative estimate of drug-likeness (QED) is 0.689. The van der Waals surface area contributed by atoms with Crippen LogP contribution in [0, 0.1) is 13.8 Å². The van der Waals surface area contributed by atoms with Gasteiger partial charge in [0.15, 0.2) is 0 Å². The Kier molecular flexibility index (Phi) is 4.30. The molecule has 3 nitrogen and oxygen atoms in total. The van der Waals surface area contributed by atoms with Crippen molar-refractivity contribution in [3.8, 4) is 0 Å². The zero-order chi connectivity index (χ0) is 14.7. The summed E-state index contributed by atoms with van der Waals surface area (Å²) in [4.78, 5) is 12.0. The molecule has 0 aliphatic heterocycles. The van der Waals surface area contributed by atoms with Crippen molar-refractivity contribution >= 4 is 23.3 Å². The summed E-state index contributed by atoms with van der Waals surface area (Å²) in [6, 6.07) is 11.0. The molecule has 2 aromatic rings. The van der Waals surface area contributed by atoms with E-state index in [2.05, 4.69) is 6.07 Å². The topological polar surface area (TPSA) is 52.3 Å². The van der Waals surface area contributed by atoms with E-state index < -0.39 is 5.97 Å². The molecule has 2 rings (SSSR count). The first kappa shape index (κ1) is 14.4. The molecule has 0 spiro atoms. The highest BCUT2D eigenvalue weighted by Gasteiger charge is 2.13. The van der Waals surface area contributed by atoms with Gasteiger partial charge in [-0.3, -0.25) is 0 Å². The third-order valence-electron chi connectivity index (χ3n) is 2.90. The molecule has 0 amide bonds. The third kappa shape index (κ3) is 3.31. The molecule has 0 heterocycles. The highest BCUT2D eigenvalue weighted by atomic mass is 35.5. The van der Waals surface area contributed by atoms with E-state index in [1.54, 1.807) is 18.2 Å². The van der Waals surface area contributed by atoms with Gasteiger partial charge in [0.05, 0.1) is 16.3 Å². The fourth-order valence-corrected chi connectivity index (χ4v) is 2.29. The van der Waals surface area contributed by atoms with Crippen LogP contribution in [0.4, 0.5) is 5.69 Å². The van der Waals surface area contributed by atoms with Crippen LogP contribution < -0.4 is 5.73 Å². The molecule has 0 fully saturated rings. The van der Waals surface area contributed by atoms with E-state index >= 15 is 0 Å². The summed E-state index contributed by atoms with van der Waals surface area (Å²) in [5.74, 6) is -0.471. The first-order chi connectivity index (χ1) is 9.47. The van der Waals surface area contributed by atoms with Gasteiger partial charge in [-0.1, -0.05) is 47.0 Å². The molecule has 0 atom stereocenters. The van der Waals surface area contributed by atoms with Gasteiger partial charge >= 0.3 is 5.97 Å². The van der Waals surface area contributed by atoms with Crippen LogP contribution in [0.3, 0.4) is 0 Å². The number of carbonyl (C=O) groups is 1. The van der Waals surface area contributed by atoms with Crippen LogP contribution in [0.25, 0.3) is 0 Å². The second kappa shape index (κ2) is 5.97. The minimum Gasteiger partial charge on any atom is -0.457 e. The molecule has 0 saturated carbocycles. The third-order valence-corrected chi connectivity index (χ3v) is 3.32. The maximum atomic E-state index is 12.0. The molecule has 20 heavy (non-hydrogen) atoms. The van der Waals surface area contributed by atoms with E-state index in [4.69, 9.17) is 22.1 Å². The standard InChI is InChI=1S/C16H16ClNO2/c1-10-6-11(2)8-12(7-10)9-20-16(19)13-4-3-5-14(18)15(13)17/h3-8H,9,18H2,1-2H3. The van der Waals surface area contributed by atoms with E-state index in [0.717, 1.165) is 16.7 Å². The molecule has 104 valence electrons. The summed E-state index contributed by atoms with van der Waals surface area (Å²) in [6.45, 7) is 4.23. The average Bonchev–Trinajstić information content (AvgIpc) is 2.38. The van der Waals surface area contributed by atoms with Crippen molar-refractivity contribution in [1.82, 2.24) is 0 Å². The van der Waals surface area contributed by atoms with E-state index in [0.29, 0.717) is 5.69 Å². The Labute approximate surface area is 123 Å². The Morgan fingerprint density at radius 2 is 1.85 bits per heavy atom. The molecule has 0 aliphatic rings. The van der Waals surface area contributed by atoms with Crippen LogP contribution in [-0.4, -0.2) is 5.97 Å². The number of nitrogens with two attached hydrogens (primary N) is 1. The van der Waals surface area contributed by atoms with Crippen LogP contribution in [0.1, 0.15) is 27.0 Å². The van der Waals surface area contributed by atoms with Crippen molar-refractivity contribution in [2.24, 2.45) is 0 Å². The minimum atomic E-state index is -0.471. The number of ether oxygens (including phenoxy) is 1. The number of carbonyl (C=O) groups excluding carboxylic acids is 1. The highest BCUT2D eigenvalue weighted by molar-refractivity contribution is 6.36. The van der Waals surface area contributed by atoms with E-state index in [9.17, 15) is 4.79 Å². The lowest BCUT2D eigenvalue weighted by atomic mass is 10.1. The lowest BCUT2D eigenvalue weighted by molar-refractivity contribution is 0.0473. The normalized spacial score (nSPS) is 10.3. The zero-order valence-electron chi connectivity index (χ0n) is 11.4. The van der Waals surface area contributed by atoms with E-state index in [1.165, 1.54) is 0 Å². The molecular formula is C16H16ClNO2. The van der Waals surface area contributed by atoms with Crippen LogP contribution >= 0.6 is 11.6 Å². The number of anilines is 1. The van der Waals surface area contributed by atoms with E-state index in [1.807, 2.05) is 26.0 Å². The van der Waals surface area contributed by atoms with E-state index in [-0.39, 0.29) is 17.2 Å². The van der Waals surface area contributed by atoms with Crippen LogP contribution in [0.5, 0.6) is 0 Å². The Balaban J connectivity index is 2.10. The van der Waals surface area contributed by atoms with Gasteiger partial charge in [0.25, 0.3) is 0 Å². The second-order valence-corrected chi connectivity index (χ2v) is 5.16. The average molecular weight is 290 g/mol. The summed E-state index contributed by atoms with van der Waals surface area (Å²) in [6.07, 6.45) is 0. The number of nitrogen functional groups attached to an aromatic ring is 1. The SMILES string of the molecule is Cc1cc(C)cc(COC(=O)c2cccc(N)c2Cl)c1. The fourth-order valence-electron chi connectivity index (χ4n) is 2.09. The van der Waals surface area contributed by atoms with Gasteiger partial charge in [-0.15, -0.1) is 0 Å². The molecule has 0 aliphatic carbocycles. The first-order valence-corrected chi connectivity index (χ1v) is 6.63. The lowest BCUT2D eigenvalue weighted by Gasteiger charge is -2.09. The van der Waals surface area contributed by atoms with Crippen molar-refractivity contribution in [2.45, 2.75) is 20.5 Å². The molecule has 0 saturated heterocycles. The second-order valence-electron chi connectivity index (χ2n) is 4.78. The van der Waals surface area contributed by atoms with Crippen LogP contribution in [0.15, 0.2) is 36.4 Å². The molecular weight excluding hydrogens is 274 g/mol. The highest BCUT2D eigenvalue weighted by Crippen LogP contribution is 2.24. The Morgan fingerprint density at radius 1 is 1.20 bits per heavy atom. The maximum Gasteiger partial charge on any atom is 0.340 e. The van der Waals surface area contributed by atoms with Crippen molar-refractivity contribution in [2.75, 3.05) is 5.73 Å². The summed E-state index contributed by atoms with van der Waals surface area (Å²) in [5.41, 5.74) is 9.55. The number of aryl methyl sites for hydroxylation is 2. The van der Waals surface area contributed by atoms with Gasteiger partial charge in [0, 0.05) is 0 Å². The Hall–Kier alpha value is -2.00. The molecule has 2 aromatic carbocycles. The van der Waals surface area contributed by atoms with Crippen LogP contribution in [0.2, 0.25) is 5.02 Å². The predicted molar refractivity (Wildman–Crippen MR) is 80.9 cm³/mol. The van der Waals surface area contributed by atoms with Gasteiger partial charge in [0.2, 0.25) is 0 Å². The smallest absolute Gasteiger partial charge is 0.340 e. The van der Waals surface area contributed by atoms with Gasteiger partial charge in [-0.25, -0.2) is 4.79 Å². The van der Waals surface area contributed by atoms with Gasteiger partial charge < -0.3 is 10.5 Å². The van der Waals surface area contributed by atoms with Crippen molar-refractivity contribution in [3.05, 3.63) is 63.7 Å². The van der Waals surface area contributed by atoms with Gasteiger partial charge in [0.1, 0.15) is 6.61 Å². The van der Waals surface area contributed by atoms with Gasteiger partial charge in [-0.05, 0) is 31.5 Å². The number of esters is 1.